The third kappa shape index (κ3) is 7.29. The van der Waals surface area contributed by atoms with E-state index >= 15 is 0 Å². The Balaban J connectivity index is 1.38. The molecule has 1 heterocycles. The number of para-hydroxylation sites is 1. The molecule has 0 aromatic heterocycles. The number of primary amides is 1. The molecule has 49 heavy (non-hydrogen) atoms. The number of nitrogens with one attached hydrogen (secondary N) is 1. The molecule has 3 amide bonds. The molecule has 0 aliphatic carbocycles. The lowest BCUT2D eigenvalue weighted by molar-refractivity contribution is -0.136. The SMILES string of the molecule is CCCCC(C(N)=O)C(CC(C)C)C(=O)NC1C(=O)N(Cc2cccc(-c3ccc4ccccc4c3)c2)c2ccccc2-c2ccccc21. The molecule has 250 valence electrons. The first-order chi connectivity index (χ1) is 23.7. The Kier molecular flexibility index (Phi) is 10.2. The molecule has 0 saturated heterocycles. The van der Waals surface area contributed by atoms with Gasteiger partial charge >= 0.3 is 0 Å². The summed E-state index contributed by atoms with van der Waals surface area (Å²) in [7, 11) is 0. The average molecular weight is 652 g/mol. The van der Waals surface area contributed by atoms with E-state index in [0.29, 0.717) is 19.4 Å². The van der Waals surface area contributed by atoms with Crippen molar-refractivity contribution in [3.8, 4) is 22.3 Å². The summed E-state index contributed by atoms with van der Waals surface area (Å²) in [5.74, 6) is -2.10. The second-order valence-electron chi connectivity index (χ2n) is 13.6. The molecule has 1 aliphatic heterocycles. The number of carbonyl (C=O) groups excluding carboxylic acids is 3. The van der Waals surface area contributed by atoms with E-state index in [9.17, 15) is 14.4 Å². The van der Waals surface area contributed by atoms with Crippen molar-refractivity contribution in [2.75, 3.05) is 4.90 Å². The first-order valence-corrected chi connectivity index (χ1v) is 17.4. The molecule has 0 spiro atoms. The molecule has 5 aromatic rings. The van der Waals surface area contributed by atoms with Gasteiger partial charge in [0, 0.05) is 17.4 Å². The third-order valence-electron chi connectivity index (χ3n) is 9.69. The highest BCUT2D eigenvalue weighted by Crippen LogP contribution is 2.41. The van der Waals surface area contributed by atoms with Gasteiger partial charge in [-0.25, -0.2) is 0 Å². The molecule has 6 heteroatoms. The minimum Gasteiger partial charge on any atom is -0.369 e. The summed E-state index contributed by atoms with van der Waals surface area (Å²) in [4.78, 5) is 43.6. The summed E-state index contributed by atoms with van der Waals surface area (Å²) in [6, 6.07) is 37.8. The Morgan fingerprint density at radius 2 is 1.47 bits per heavy atom. The van der Waals surface area contributed by atoms with Crippen LogP contribution in [-0.2, 0) is 20.9 Å². The van der Waals surface area contributed by atoms with Gasteiger partial charge in [0.1, 0.15) is 6.04 Å². The molecule has 6 nitrogen and oxygen atoms in total. The van der Waals surface area contributed by atoms with E-state index in [1.54, 1.807) is 4.90 Å². The Labute approximate surface area is 289 Å². The fourth-order valence-corrected chi connectivity index (χ4v) is 7.22. The number of benzene rings is 5. The summed E-state index contributed by atoms with van der Waals surface area (Å²) < 4.78 is 0. The van der Waals surface area contributed by atoms with Crippen LogP contribution in [0.3, 0.4) is 0 Å². The van der Waals surface area contributed by atoms with E-state index in [0.717, 1.165) is 51.9 Å². The van der Waals surface area contributed by atoms with Crippen molar-refractivity contribution >= 4 is 34.2 Å². The van der Waals surface area contributed by atoms with E-state index in [1.165, 1.54) is 10.8 Å². The molecule has 0 saturated carbocycles. The molecule has 5 aromatic carbocycles. The van der Waals surface area contributed by atoms with Crippen molar-refractivity contribution in [2.45, 2.75) is 59.0 Å². The van der Waals surface area contributed by atoms with Crippen LogP contribution >= 0.6 is 0 Å². The second-order valence-corrected chi connectivity index (χ2v) is 13.6. The van der Waals surface area contributed by atoms with Crippen molar-refractivity contribution in [3.63, 3.8) is 0 Å². The normalized spacial score (nSPS) is 15.3. The van der Waals surface area contributed by atoms with Crippen LogP contribution in [0.4, 0.5) is 5.69 Å². The van der Waals surface area contributed by atoms with Crippen LogP contribution in [0.25, 0.3) is 33.0 Å². The summed E-state index contributed by atoms with van der Waals surface area (Å²) in [5, 5.41) is 5.50. The Morgan fingerprint density at radius 1 is 0.776 bits per heavy atom. The van der Waals surface area contributed by atoms with Crippen LogP contribution < -0.4 is 16.0 Å². The van der Waals surface area contributed by atoms with E-state index in [1.807, 2.05) is 86.6 Å². The van der Waals surface area contributed by atoms with E-state index in [-0.39, 0.29) is 17.7 Å². The van der Waals surface area contributed by atoms with Crippen LogP contribution in [0.1, 0.15) is 63.6 Å². The fourth-order valence-electron chi connectivity index (χ4n) is 7.22. The molecule has 0 fully saturated rings. The highest BCUT2D eigenvalue weighted by molar-refractivity contribution is 6.06. The minimum absolute atomic E-state index is 0.159. The number of amides is 3. The van der Waals surface area contributed by atoms with Gasteiger partial charge in [-0.2, -0.15) is 0 Å². The Morgan fingerprint density at radius 3 is 2.22 bits per heavy atom. The zero-order valence-corrected chi connectivity index (χ0v) is 28.6. The number of fused-ring (bicyclic) bond motifs is 4. The van der Waals surface area contributed by atoms with Crippen LogP contribution in [0.15, 0.2) is 115 Å². The highest BCUT2D eigenvalue weighted by Gasteiger charge is 2.39. The minimum atomic E-state index is -0.950. The van der Waals surface area contributed by atoms with E-state index < -0.39 is 23.8 Å². The zero-order chi connectivity index (χ0) is 34.5. The van der Waals surface area contributed by atoms with Crippen molar-refractivity contribution in [1.29, 1.82) is 0 Å². The molecular formula is C43H45N3O3. The second kappa shape index (κ2) is 14.9. The van der Waals surface area contributed by atoms with E-state index in [2.05, 4.69) is 54.7 Å². The summed E-state index contributed by atoms with van der Waals surface area (Å²) in [6.45, 7) is 6.44. The maximum Gasteiger partial charge on any atom is 0.254 e. The van der Waals surface area contributed by atoms with Gasteiger partial charge in [-0.3, -0.25) is 14.4 Å². The van der Waals surface area contributed by atoms with Crippen molar-refractivity contribution in [1.82, 2.24) is 5.32 Å². The highest BCUT2D eigenvalue weighted by atomic mass is 16.2. The number of anilines is 1. The summed E-state index contributed by atoms with van der Waals surface area (Å²) in [6.07, 6.45) is 2.72. The van der Waals surface area contributed by atoms with Crippen LogP contribution in [-0.4, -0.2) is 17.7 Å². The predicted molar refractivity (Wildman–Crippen MR) is 198 cm³/mol. The van der Waals surface area contributed by atoms with Crippen LogP contribution in [0.2, 0.25) is 0 Å². The van der Waals surface area contributed by atoms with Crippen LogP contribution in [0.5, 0.6) is 0 Å². The first kappa shape index (κ1) is 33.7. The molecule has 1 aliphatic rings. The van der Waals surface area contributed by atoms with Gasteiger partial charge in [-0.15, -0.1) is 0 Å². The molecule has 3 N–H and O–H groups in total. The first-order valence-electron chi connectivity index (χ1n) is 17.4. The van der Waals surface area contributed by atoms with Gasteiger partial charge in [0.15, 0.2) is 0 Å². The molecule has 6 rings (SSSR count). The number of unbranched alkanes of at least 4 members (excludes halogenated alkanes) is 1. The maximum absolute atomic E-state index is 14.9. The maximum atomic E-state index is 14.9. The number of hydrogen-bond acceptors (Lipinski definition) is 3. The van der Waals surface area contributed by atoms with Gasteiger partial charge < -0.3 is 16.0 Å². The lowest BCUT2D eigenvalue weighted by atomic mass is 9.81. The average Bonchev–Trinajstić information content (AvgIpc) is 3.20. The van der Waals surface area contributed by atoms with Gasteiger partial charge in [-0.05, 0) is 75.5 Å². The number of rotatable bonds is 12. The molecule has 3 atom stereocenters. The Hall–Kier alpha value is -5.23. The van der Waals surface area contributed by atoms with Gasteiger partial charge in [0.05, 0.1) is 12.2 Å². The number of nitrogens with zero attached hydrogens (tertiary/aromatic N) is 1. The summed E-state index contributed by atoms with van der Waals surface area (Å²) in [5.41, 5.74) is 12.4. The van der Waals surface area contributed by atoms with Crippen molar-refractivity contribution in [3.05, 3.63) is 126 Å². The lowest BCUT2D eigenvalue weighted by Crippen LogP contribution is -2.47. The largest absolute Gasteiger partial charge is 0.369 e. The smallest absolute Gasteiger partial charge is 0.254 e. The molecule has 0 radical (unpaired) electrons. The number of carbonyl (C=O) groups is 3. The quantitative estimate of drug-likeness (QED) is 0.141. The van der Waals surface area contributed by atoms with Crippen LogP contribution in [0, 0.1) is 17.8 Å². The van der Waals surface area contributed by atoms with Gasteiger partial charge in [0.25, 0.3) is 5.91 Å². The zero-order valence-electron chi connectivity index (χ0n) is 28.6. The molecule has 3 unspecified atom stereocenters. The number of hydrogen-bond donors (Lipinski definition) is 2. The molecular weight excluding hydrogens is 606 g/mol. The lowest BCUT2D eigenvalue weighted by Gasteiger charge is -2.30. The van der Waals surface area contributed by atoms with E-state index in [4.69, 9.17) is 5.73 Å². The standard InChI is InChI=1S/C43H45N3O3/c1-4-5-17-37(41(44)47)38(24-28(2)3)42(48)45-40-36-20-9-8-18-34(36)35-19-10-11-21-39(35)46(43(40)49)27-29-13-12-16-31(25-29)33-23-22-30-14-6-7-15-32(30)26-33/h6-16,18-23,25-26,28,37-38,40H,4-5,17,24,27H2,1-3H3,(H2,44,47)(H,45,48). The Bertz CT molecular complexity index is 1980. The predicted octanol–water partition coefficient (Wildman–Crippen LogP) is 8.83. The topological polar surface area (TPSA) is 92.5 Å². The summed E-state index contributed by atoms with van der Waals surface area (Å²) >= 11 is 0. The van der Waals surface area contributed by atoms with Gasteiger partial charge in [-0.1, -0.05) is 131 Å². The van der Waals surface area contributed by atoms with Crippen molar-refractivity contribution < 1.29 is 14.4 Å². The monoisotopic (exact) mass is 651 g/mol. The molecule has 0 bridgehead atoms. The van der Waals surface area contributed by atoms with Gasteiger partial charge in [0.2, 0.25) is 11.8 Å². The number of nitrogens with two attached hydrogens (primary N) is 1. The van der Waals surface area contributed by atoms with Crippen molar-refractivity contribution in [2.24, 2.45) is 23.5 Å². The fraction of sp³-hybridized carbons (Fsp3) is 0.279. The third-order valence-corrected chi connectivity index (χ3v) is 9.69.